The first kappa shape index (κ1) is 19.7. The third-order valence-corrected chi connectivity index (χ3v) is 7.69. The van der Waals surface area contributed by atoms with Crippen LogP contribution in [0, 0.1) is 6.92 Å². The van der Waals surface area contributed by atoms with Crippen molar-refractivity contribution < 1.29 is 4.79 Å². The Morgan fingerprint density at radius 1 is 1.09 bits per heavy atom. The van der Waals surface area contributed by atoms with Gasteiger partial charge in [-0.3, -0.25) is 14.7 Å². The summed E-state index contributed by atoms with van der Waals surface area (Å²) in [6.07, 6.45) is 6.40. The van der Waals surface area contributed by atoms with Gasteiger partial charge >= 0.3 is 0 Å². The van der Waals surface area contributed by atoms with Crippen LogP contribution in [0.5, 0.6) is 0 Å². The fourth-order valence-corrected chi connectivity index (χ4v) is 5.66. The Balaban J connectivity index is 1.26. The lowest BCUT2D eigenvalue weighted by molar-refractivity contribution is 0.0930. The molecule has 0 spiro atoms. The van der Waals surface area contributed by atoms with Crippen LogP contribution < -0.4 is 10.2 Å². The van der Waals surface area contributed by atoms with Gasteiger partial charge in [-0.15, -0.1) is 0 Å². The van der Waals surface area contributed by atoms with E-state index >= 15 is 0 Å². The molecule has 1 aliphatic carbocycles. The van der Waals surface area contributed by atoms with Crippen LogP contribution in [0.25, 0.3) is 10.9 Å². The Morgan fingerprint density at radius 2 is 1.97 bits per heavy atom. The molecule has 0 radical (unpaired) electrons. The van der Waals surface area contributed by atoms with Crippen molar-refractivity contribution in [3.05, 3.63) is 71.4 Å². The molecule has 1 unspecified atom stereocenters. The van der Waals surface area contributed by atoms with E-state index in [1.54, 1.807) is 0 Å². The number of hydrogen-bond acceptors (Lipinski definition) is 4. The summed E-state index contributed by atoms with van der Waals surface area (Å²) in [6.45, 7) is 6.50. The predicted molar refractivity (Wildman–Crippen MR) is 128 cm³/mol. The minimum Gasteiger partial charge on any atom is -0.369 e. The smallest absolute Gasteiger partial charge is 0.252 e. The number of carbonyl (C=O) groups excluding carboxylic acids is 1. The number of aryl methyl sites for hydroxylation is 1. The molecule has 32 heavy (non-hydrogen) atoms. The van der Waals surface area contributed by atoms with E-state index in [1.807, 2.05) is 31.3 Å². The quantitative estimate of drug-likeness (QED) is 0.678. The Bertz CT molecular complexity index is 1180. The van der Waals surface area contributed by atoms with Gasteiger partial charge in [0.25, 0.3) is 5.91 Å². The summed E-state index contributed by atoms with van der Waals surface area (Å²) >= 11 is 0. The molecule has 1 amide bonds. The minimum atomic E-state index is -0.280. The second kappa shape index (κ2) is 7.59. The summed E-state index contributed by atoms with van der Waals surface area (Å²) in [7, 11) is 0. The molecule has 2 aliphatic heterocycles. The highest BCUT2D eigenvalue weighted by atomic mass is 16.1. The summed E-state index contributed by atoms with van der Waals surface area (Å²) in [6, 6.07) is 17.3. The van der Waals surface area contributed by atoms with E-state index in [0.29, 0.717) is 6.04 Å². The van der Waals surface area contributed by atoms with Gasteiger partial charge in [-0.25, -0.2) is 0 Å². The summed E-state index contributed by atoms with van der Waals surface area (Å²) in [5.74, 6) is 0.0299. The Morgan fingerprint density at radius 3 is 2.84 bits per heavy atom. The predicted octanol–water partition coefficient (Wildman–Crippen LogP) is 4.25. The number of nitrogens with one attached hydrogen (secondary N) is 1. The van der Waals surface area contributed by atoms with Crippen molar-refractivity contribution in [2.45, 2.75) is 44.2 Å². The van der Waals surface area contributed by atoms with Crippen LogP contribution in [0.3, 0.4) is 0 Å². The number of fused-ring (bicyclic) bond motifs is 2. The number of amides is 1. The molecule has 1 saturated carbocycles. The number of anilines is 1. The first-order valence-corrected chi connectivity index (χ1v) is 11.9. The molecular weight excluding hydrogens is 396 g/mol. The fourth-order valence-electron chi connectivity index (χ4n) is 5.66. The highest BCUT2D eigenvalue weighted by molar-refractivity contribution is 5.98. The lowest BCUT2D eigenvalue weighted by Gasteiger charge is -2.39. The molecular formula is C27H30N4O. The number of carbonyl (C=O) groups is 1. The molecule has 6 rings (SSSR count). The van der Waals surface area contributed by atoms with Crippen LogP contribution in [-0.4, -0.2) is 48.0 Å². The van der Waals surface area contributed by atoms with Crippen molar-refractivity contribution in [3.8, 4) is 0 Å². The van der Waals surface area contributed by atoms with E-state index in [1.165, 1.54) is 30.6 Å². The van der Waals surface area contributed by atoms with Crippen molar-refractivity contribution in [2.24, 2.45) is 0 Å². The second-order valence-electron chi connectivity index (χ2n) is 9.69. The molecule has 3 heterocycles. The van der Waals surface area contributed by atoms with Crippen LogP contribution in [0.4, 0.5) is 5.69 Å². The molecule has 2 aromatic carbocycles. The van der Waals surface area contributed by atoms with Gasteiger partial charge in [0.2, 0.25) is 0 Å². The monoisotopic (exact) mass is 426 g/mol. The van der Waals surface area contributed by atoms with Crippen LogP contribution in [0.2, 0.25) is 0 Å². The van der Waals surface area contributed by atoms with E-state index < -0.39 is 0 Å². The van der Waals surface area contributed by atoms with E-state index in [4.69, 9.17) is 0 Å². The third kappa shape index (κ3) is 3.36. The second-order valence-corrected chi connectivity index (χ2v) is 9.69. The van der Waals surface area contributed by atoms with Gasteiger partial charge in [0.15, 0.2) is 0 Å². The largest absolute Gasteiger partial charge is 0.369 e. The van der Waals surface area contributed by atoms with Crippen molar-refractivity contribution in [3.63, 3.8) is 0 Å². The zero-order valence-electron chi connectivity index (χ0n) is 18.7. The van der Waals surface area contributed by atoms with Crippen molar-refractivity contribution >= 4 is 22.5 Å². The molecule has 164 valence electrons. The molecule has 1 N–H and O–H groups in total. The van der Waals surface area contributed by atoms with E-state index in [9.17, 15) is 4.79 Å². The lowest BCUT2D eigenvalue weighted by Crippen LogP contribution is -2.50. The molecule has 0 bridgehead atoms. The van der Waals surface area contributed by atoms with Gasteiger partial charge < -0.3 is 10.2 Å². The topological polar surface area (TPSA) is 48.5 Å². The van der Waals surface area contributed by atoms with Crippen LogP contribution in [0.1, 0.15) is 47.2 Å². The normalized spacial score (nSPS) is 22.0. The third-order valence-electron chi connectivity index (χ3n) is 7.69. The summed E-state index contributed by atoms with van der Waals surface area (Å²) in [5, 5.41) is 4.54. The number of para-hydroxylation sites is 1. The van der Waals surface area contributed by atoms with Crippen molar-refractivity contribution in [2.75, 3.05) is 31.1 Å². The van der Waals surface area contributed by atoms with Crippen LogP contribution in [0.15, 0.2) is 54.7 Å². The maximum Gasteiger partial charge on any atom is 0.252 e. The molecule has 3 fully saturated rings. The van der Waals surface area contributed by atoms with Gasteiger partial charge in [0, 0.05) is 48.5 Å². The van der Waals surface area contributed by atoms with Gasteiger partial charge in [-0.1, -0.05) is 24.3 Å². The summed E-state index contributed by atoms with van der Waals surface area (Å²) < 4.78 is 0. The van der Waals surface area contributed by atoms with Gasteiger partial charge in [0.1, 0.15) is 0 Å². The summed E-state index contributed by atoms with van der Waals surface area (Å²) in [5.41, 5.74) is 4.88. The first-order valence-electron chi connectivity index (χ1n) is 11.9. The number of nitrogens with zero attached hydrogens (tertiary/aromatic N) is 3. The average molecular weight is 427 g/mol. The maximum atomic E-state index is 13.5. The molecule has 5 heteroatoms. The van der Waals surface area contributed by atoms with E-state index in [0.717, 1.165) is 54.5 Å². The number of rotatable bonds is 4. The zero-order chi connectivity index (χ0) is 21.7. The Hall–Kier alpha value is -2.92. The Labute approximate surface area is 189 Å². The average Bonchev–Trinajstić information content (AvgIpc) is 3.44. The maximum absolute atomic E-state index is 13.5. The van der Waals surface area contributed by atoms with Gasteiger partial charge in [0.05, 0.1) is 11.1 Å². The number of pyridine rings is 1. The Kier molecular flexibility index (Phi) is 4.68. The number of benzene rings is 2. The molecule has 3 aromatic rings. The molecule has 1 atom stereocenters. The summed E-state index contributed by atoms with van der Waals surface area (Å²) in [4.78, 5) is 23.1. The molecule has 1 aromatic heterocycles. The van der Waals surface area contributed by atoms with Crippen molar-refractivity contribution in [1.29, 1.82) is 0 Å². The van der Waals surface area contributed by atoms with Crippen LogP contribution in [-0.2, 0) is 5.54 Å². The van der Waals surface area contributed by atoms with E-state index in [2.05, 4.69) is 50.4 Å². The SMILES string of the molecule is Cc1ccc(N2CCN3CCCC3C2)cc1C(=O)NC1(c2ccnc3ccccc23)CC1. The minimum absolute atomic E-state index is 0.0299. The lowest BCUT2D eigenvalue weighted by atomic mass is 9.98. The van der Waals surface area contributed by atoms with E-state index in [-0.39, 0.29) is 11.4 Å². The first-order chi connectivity index (χ1) is 15.6. The molecule has 3 aliphatic rings. The number of aromatic nitrogens is 1. The van der Waals surface area contributed by atoms with Gasteiger partial charge in [-0.05, 0) is 74.5 Å². The van der Waals surface area contributed by atoms with Crippen LogP contribution >= 0.6 is 0 Å². The van der Waals surface area contributed by atoms with Crippen molar-refractivity contribution in [1.82, 2.24) is 15.2 Å². The molecule has 5 nitrogen and oxygen atoms in total. The highest BCUT2D eigenvalue weighted by Crippen LogP contribution is 2.48. The number of hydrogen-bond donors (Lipinski definition) is 1. The zero-order valence-corrected chi connectivity index (χ0v) is 18.7. The van der Waals surface area contributed by atoms with Gasteiger partial charge in [-0.2, -0.15) is 0 Å². The standard InChI is InChI=1S/C27H30N4O/c1-19-8-9-20(31-16-15-30-14-4-5-21(30)18-31)17-23(19)26(32)29-27(11-12-27)24-10-13-28-25-7-3-2-6-22(24)25/h2-3,6-10,13,17,21H,4-5,11-12,14-16,18H2,1H3,(H,29,32). The fraction of sp³-hybridized carbons (Fsp3) is 0.407. The number of piperazine rings is 1. The molecule has 2 saturated heterocycles. The highest BCUT2D eigenvalue weighted by Gasteiger charge is 2.47.